The molecule has 0 aromatic heterocycles. The summed E-state index contributed by atoms with van der Waals surface area (Å²) in [5, 5.41) is 15.1. The molecule has 0 heterocycles. The molecule has 2 rings (SSSR count). The van der Waals surface area contributed by atoms with Crippen molar-refractivity contribution in [2.45, 2.75) is 58.7 Å². The molecular weight excluding hydrogens is 432 g/mol. The van der Waals surface area contributed by atoms with Crippen LogP contribution in [0.15, 0.2) is 42.5 Å². The third kappa shape index (κ3) is 7.27. The molecule has 7 nitrogen and oxygen atoms in total. The van der Waals surface area contributed by atoms with Gasteiger partial charge in [-0.15, -0.1) is 0 Å². The Bertz CT molecular complexity index is 963. The van der Waals surface area contributed by atoms with Gasteiger partial charge in [-0.05, 0) is 75.1 Å². The lowest BCUT2D eigenvalue weighted by molar-refractivity contribution is -0.124. The number of carboxylic acid groups (broad SMARTS) is 1. The molecule has 0 spiro atoms. The van der Waals surface area contributed by atoms with E-state index in [2.05, 4.69) is 10.6 Å². The van der Waals surface area contributed by atoms with Crippen molar-refractivity contribution in [3.8, 4) is 0 Å². The molecule has 0 saturated carbocycles. The van der Waals surface area contributed by atoms with Gasteiger partial charge in [0.25, 0.3) is 0 Å². The number of carbonyl (C=O) groups is 3. The SMILES string of the molecule is CCC(NC(=O)C(NC(=O)OC(C)(C)C)c1cc(C)cc(Cl)c1)c1ccc(C(=O)O)cc1. The number of alkyl carbamates (subject to hydrolysis) is 1. The highest BCUT2D eigenvalue weighted by Gasteiger charge is 2.28. The summed E-state index contributed by atoms with van der Waals surface area (Å²) in [6.45, 7) is 8.95. The van der Waals surface area contributed by atoms with Gasteiger partial charge in [-0.2, -0.15) is 0 Å². The van der Waals surface area contributed by atoms with E-state index in [0.717, 1.165) is 11.1 Å². The van der Waals surface area contributed by atoms with Gasteiger partial charge in [0.15, 0.2) is 0 Å². The monoisotopic (exact) mass is 460 g/mol. The zero-order chi connectivity index (χ0) is 24.1. The van der Waals surface area contributed by atoms with Gasteiger partial charge < -0.3 is 20.5 Å². The first kappa shape index (κ1) is 25.2. The molecule has 172 valence electrons. The first-order chi connectivity index (χ1) is 14.9. The number of aromatic carboxylic acids is 1. The van der Waals surface area contributed by atoms with Gasteiger partial charge in [-0.3, -0.25) is 4.79 Å². The largest absolute Gasteiger partial charge is 0.478 e. The summed E-state index contributed by atoms with van der Waals surface area (Å²) in [6.07, 6.45) is -0.166. The second kappa shape index (κ2) is 10.5. The lowest BCUT2D eigenvalue weighted by atomic mass is 10.00. The predicted molar refractivity (Wildman–Crippen MR) is 123 cm³/mol. The Morgan fingerprint density at radius 3 is 2.16 bits per heavy atom. The fourth-order valence-corrected chi connectivity index (χ4v) is 3.49. The molecular formula is C24H29ClN2O5. The number of amides is 2. The maximum Gasteiger partial charge on any atom is 0.408 e. The first-order valence-electron chi connectivity index (χ1n) is 10.3. The summed E-state index contributed by atoms with van der Waals surface area (Å²) in [5.41, 5.74) is 1.55. The Morgan fingerprint density at radius 2 is 1.66 bits per heavy atom. The van der Waals surface area contributed by atoms with Crippen LogP contribution in [0.3, 0.4) is 0 Å². The highest BCUT2D eigenvalue weighted by atomic mass is 35.5. The molecule has 0 saturated heterocycles. The average Bonchev–Trinajstić information content (AvgIpc) is 2.68. The zero-order valence-electron chi connectivity index (χ0n) is 18.9. The minimum absolute atomic E-state index is 0.161. The molecule has 2 amide bonds. The second-order valence-corrected chi connectivity index (χ2v) is 8.97. The number of rotatable bonds is 7. The smallest absolute Gasteiger partial charge is 0.408 e. The van der Waals surface area contributed by atoms with E-state index in [1.165, 1.54) is 12.1 Å². The van der Waals surface area contributed by atoms with Crippen LogP contribution in [-0.4, -0.2) is 28.7 Å². The molecule has 2 atom stereocenters. The molecule has 2 aromatic rings. The molecule has 2 unspecified atom stereocenters. The number of benzene rings is 2. The summed E-state index contributed by atoms with van der Waals surface area (Å²) in [4.78, 5) is 36.8. The summed E-state index contributed by atoms with van der Waals surface area (Å²) in [5.74, 6) is -1.46. The van der Waals surface area contributed by atoms with Gasteiger partial charge >= 0.3 is 12.1 Å². The van der Waals surface area contributed by atoms with Gasteiger partial charge in [-0.1, -0.05) is 36.7 Å². The number of halogens is 1. The van der Waals surface area contributed by atoms with Crippen molar-refractivity contribution in [1.29, 1.82) is 0 Å². The summed E-state index contributed by atoms with van der Waals surface area (Å²) < 4.78 is 5.33. The van der Waals surface area contributed by atoms with Crippen LogP contribution in [0, 0.1) is 6.92 Å². The molecule has 0 aliphatic carbocycles. The average molecular weight is 461 g/mol. The highest BCUT2D eigenvalue weighted by Crippen LogP contribution is 2.24. The summed E-state index contributed by atoms with van der Waals surface area (Å²) in [6, 6.07) is 10.0. The molecule has 0 radical (unpaired) electrons. The molecule has 2 aromatic carbocycles. The summed E-state index contributed by atoms with van der Waals surface area (Å²) >= 11 is 6.19. The van der Waals surface area contributed by atoms with Crippen LogP contribution in [0.4, 0.5) is 4.79 Å². The third-order valence-corrected chi connectivity index (χ3v) is 4.82. The fraction of sp³-hybridized carbons (Fsp3) is 0.375. The molecule has 0 aliphatic rings. The van der Waals surface area contributed by atoms with Crippen LogP contribution >= 0.6 is 11.6 Å². The Hall–Kier alpha value is -3.06. The third-order valence-electron chi connectivity index (χ3n) is 4.61. The van der Waals surface area contributed by atoms with Crippen LogP contribution in [0.1, 0.15) is 73.2 Å². The van der Waals surface area contributed by atoms with Gasteiger partial charge in [0.1, 0.15) is 11.6 Å². The van der Waals surface area contributed by atoms with E-state index in [-0.39, 0.29) is 11.6 Å². The topological polar surface area (TPSA) is 105 Å². The first-order valence-corrected chi connectivity index (χ1v) is 10.7. The Kier molecular flexibility index (Phi) is 8.27. The molecule has 8 heteroatoms. The number of hydrogen-bond donors (Lipinski definition) is 3. The number of aryl methyl sites for hydroxylation is 1. The van der Waals surface area contributed by atoms with Crippen LogP contribution in [-0.2, 0) is 9.53 Å². The van der Waals surface area contributed by atoms with Crippen molar-refractivity contribution in [2.24, 2.45) is 0 Å². The van der Waals surface area contributed by atoms with Gasteiger partial charge in [0.2, 0.25) is 5.91 Å². The molecule has 3 N–H and O–H groups in total. The minimum Gasteiger partial charge on any atom is -0.478 e. The van der Waals surface area contributed by atoms with E-state index in [1.807, 2.05) is 13.8 Å². The van der Waals surface area contributed by atoms with Crippen LogP contribution in [0.5, 0.6) is 0 Å². The van der Waals surface area contributed by atoms with E-state index in [0.29, 0.717) is 17.0 Å². The van der Waals surface area contributed by atoms with E-state index in [9.17, 15) is 14.4 Å². The van der Waals surface area contributed by atoms with Crippen molar-refractivity contribution in [2.75, 3.05) is 0 Å². The molecule has 0 fully saturated rings. The van der Waals surface area contributed by atoms with E-state index in [1.54, 1.807) is 51.1 Å². The highest BCUT2D eigenvalue weighted by molar-refractivity contribution is 6.30. The van der Waals surface area contributed by atoms with Crippen LogP contribution < -0.4 is 10.6 Å². The number of carbonyl (C=O) groups excluding carboxylic acids is 2. The van der Waals surface area contributed by atoms with Gasteiger partial charge in [-0.25, -0.2) is 9.59 Å². The standard InChI is InChI=1S/C24H29ClN2O5/c1-6-19(15-7-9-16(10-8-15)22(29)30)26-21(28)20(27-23(31)32-24(3,4)5)17-11-14(2)12-18(25)13-17/h7-13,19-20H,6H2,1-5H3,(H,26,28)(H,27,31)(H,29,30). The van der Waals surface area contributed by atoms with Crippen molar-refractivity contribution in [3.63, 3.8) is 0 Å². The van der Waals surface area contributed by atoms with E-state index in [4.69, 9.17) is 21.4 Å². The Morgan fingerprint density at radius 1 is 1.03 bits per heavy atom. The maximum absolute atomic E-state index is 13.3. The minimum atomic E-state index is -1.03. The van der Waals surface area contributed by atoms with E-state index >= 15 is 0 Å². The molecule has 0 aliphatic heterocycles. The van der Waals surface area contributed by atoms with Crippen LogP contribution in [0.2, 0.25) is 5.02 Å². The van der Waals surface area contributed by atoms with Crippen molar-refractivity contribution >= 4 is 29.6 Å². The zero-order valence-corrected chi connectivity index (χ0v) is 19.6. The number of carboxylic acids is 1. The van der Waals surface area contributed by atoms with Crippen molar-refractivity contribution < 1.29 is 24.2 Å². The lowest BCUT2D eigenvalue weighted by Gasteiger charge is -2.26. The molecule has 0 bridgehead atoms. The Balaban J connectivity index is 2.31. The summed E-state index contributed by atoms with van der Waals surface area (Å²) in [7, 11) is 0. The number of hydrogen-bond acceptors (Lipinski definition) is 4. The van der Waals surface area contributed by atoms with Gasteiger partial charge in [0, 0.05) is 5.02 Å². The lowest BCUT2D eigenvalue weighted by Crippen LogP contribution is -2.43. The number of ether oxygens (including phenoxy) is 1. The Labute approximate surface area is 193 Å². The van der Waals surface area contributed by atoms with Crippen molar-refractivity contribution in [1.82, 2.24) is 10.6 Å². The normalized spacial score (nSPS) is 13.1. The molecule has 32 heavy (non-hydrogen) atoms. The second-order valence-electron chi connectivity index (χ2n) is 8.54. The van der Waals surface area contributed by atoms with Gasteiger partial charge in [0.05, 0.1) is 11.6 Å². The van der Waals surface area contributed by atoms with Crippen molar-refractivity contribution in [3.05, 3.63) is 69.7 Å². The number of nitrogens with one attached hydrogen (secondary N) is 2. The van der Waals surface area contributed by atoms with E-state index < -0.39 is 29.6 Å². The van der Waals surface area contributed by atoms with Crippen LogP contribution in [0.25, 0.3) is 0 Å². The maximum atomic E-state index is 13.3. The fourth-order valence-electron chi connectivity index (χ4n) is 3.19. The quantitative estimate of drug-likeness (QED) is 0.528. The predicted octanol–water partition coefficient (Wildman–Crippen LogP) is 5.18.